The van der Waals surface area contributed by atoms with Crippen molar-refractivity contribution in [2.24, 2.45) is 5.10 Å². The van der Waals surface area contributed by atoms with Gasteiger partial charge in [-0.3, -0.25) is 4.79 Å². The third kappa shape index (κ3) is 5.96. The van der Waals surface area contributed by atoms with Crippen molar-refractivity contribution in [3.05, 3.63) is 77.0 Å². The lowest BCUT2D eigenvalue weighted by Crippen LogP contribution is -2.24. The van der Waals surface area contributed by atoms with Crippen molar-refractivity contribution in [3.8, 4) is 17.1 Å². The molecule has 3 rings (SSSR count). The van der Waals surface area contributed by atoms with E-state index in [1.54, 1.807) is 12.1 Å². The molecule has 150 valence electrons. The maximum absolute atomic E-state index is 11.9. The van der Waals surface area contributed by atoms with Gasteiger partial charge in [0.15, 0.2) is 6.61 Å². The molecule has 0 fully saturated rings. The number of nitrogens with zero attached hydrogens (tertiary/aromatic N) is 1. The monoisotopic (exact) mass is 410 g/mol. The first-order chi connectivity index (χ1) is 13.8. The van der Waals surface area contributed by atoms with Crippen molar-refractivity contribution in [3.63, 3.8) is 0 Å². The lowest BCUT2D eigenvalue weighted by Gasteiger charge is -2.19. The normalized spacial score (nSPS) is 11.6. The van der Waals surface area contributed by atoms with Gasteiger partial charge < -0.3 is 9.15 Å². The zero-order valence-electron chi connectivity index (χ0n) is 16.6. The van der Waals surface area contributed by atoms with Gasteiger partial charge in [-0.25, -0.2) is 5.43 Å². The molecule has 6 heteroatoms. The summed E-state index contributed by atoms with van der Waals surface area (Å²) in [4.78, 5) is 11.9. The number of benzene rings is 2. The first kappa shape index (κ1) is 20.7. The molecule has 3 aromatic rings. The second-order valence-electron chi connectivity index (χ2n) is 7.57. The number of halogens is 1. The summed E-state index contributed by atoms with van der Waals surface area (Å²) in [6.07, 6.45) is 1.43. The molecule has 0 aliphatic carbocycles. The van der Waals surface area contributed by atoms with Gasteiger partial charge in [0.25, 0.3) is 5.91 Å². The quantitative estimate of drug-likeness (QED) is 0.435. The van der Waals surface area contributed by atoms with Gasteiger partial charge in [0.05, 0.1) is 6.21 Å². The zero-order chi connectivity index (χ0) is 20.9. The SMILES string of the molecule is CC(C)(C)c1ccc(OCC(=O)NN=Cc2ccc(-c3cccc(Cl)c3)o2)cc1. The topological polar surface area (TPSA) is 63.8 Å². The third-order valence-electron chi connectivity index (χ3n) is 4.21. The van der Waals surface area contributed by atoms with Crippen molar-refractivity contribution >= 4 is 23.7 Å². The number of hydrogen-bond acceptors (Lipinski definition) is 4. The minimum absolute atomic E-state index is 0.0725. The summed E-state index contributed by atoms with van der Waals surface area (Å²) in [6.45, 7) is 6.31. The molecule has 0 radical (unpaired) electrons. The molecule has 1 amide bonds. The molecule has 5 nitrogen and oxygen atoms in total. The minimum atomic E-state index is -0.359. The Morgan fingerprint density at radius 3 is 2.59 bits per heavy atom. The molecule has 0 atom stereocenters. The number of hydrazone groups is 1. The van der Waals surface area contributed by atoms with E-state index in [9.17, 15) is 4.79 Å². The number of carbonyl (C=O) groups excluding carboxylic acids is 1. The molecule has 0 saturated heterocycles. The fourth-order valence-electron chi connectivity index (χ4n) is 2.62. The second kappa shape index (κ2) is 8.97. The van der Waals surface area contributed by atoms with Crippen LogP contribution in [0.2, 0.25) is 5.02 Å². The zero-order valence-corrected chi connectivity index (χ0v) is 17.4. The van der Waals surface area contributed by atoms with Crippen LogP contribution in [0.3, 0.4) is 0 Å². The largest absolute Gasteiger partial charge is 0.484 e. The molecular formula is C23H23ClN2O3. The first-order valence-corrected chi connectivity index (χ1v) is 9.60. The van der Waals surface area contributed by atoms with Crippen LogP contribution < -0.4 is 10.2 Å². The number of rotatable bonds is 6. The van der Waals surface area contributed by atoms with Gasteiger partial charge in [-0.1, -0.05) is 56.6 Å². The summed E-state index contributed by atoms with van der Waals surface area (Å²) in [6, 6.07) is 18.7. The fraction of sp³-hybridized carbons (Fsp3) is 0.217. The molecular weight excluding hydrogens is 388 g/mol. The Balaban J connectivity index is 1.49. The van der Waals surface area contributed by atoms with Crippen LogP contribution in [0.4, 0.5) is 0 Å². The number of nitrogens with one attached hydrogen (secondary N) is 1. The maximum Gasteiger partial charge on any atom is 0.277 e. The lowest BCUT2D eigenvalue weighted by molar-refractivity contribution is -0.123. The highest BCUT2D eigenvalue weighted by Gasteiger charge is 2.13. The number of furan rings is 1. The Morgan fingerprint density at radius 2 is 1.90 bits per heavy atom. The average molecular weight is 411 g/mol. The Hall–Kier alpha value is -3.05. The van der Waals surface area contributed by atoms with Crippen LogP contribution in [-0.4, -0.2) is 18.7 Å². The van der Waals surface area contributed by atoms with E-state index in [2.05, 4.69) is 31.3 Å². The van der Waals surface area contributed by atoms with Crippen LogP contribution in [0.15, 0.2) is 70.2 Å². The number of hydrogen-bond donors (Lipinski definition) is 1. The summed E-state index contributed by atoms with van der Waals surface area (Å²) in [5.41, 5.74) is 4.56. The van der Waals surface area contributed by atoms with Crippen LogP contribution in [0.25, 0.3) is 11.3 Å². The van der Waals surface area contributed by atoms with Crippen LogP contribution in [0, 0.1) is 0 Å². The van der Waals surface area contributed by atoms with Gasteiger partial charge in [0, 0.05) is 10.6 Å². The van der Waals surface area contributed by atoms with E-state index >= 15 is 0 Å². The van der Waals surface area contributed by atoms with E-state index in [0.29, 0.717) is 22.3 Å². The van der Waals surface area contributed by atoms with E-state index in [4.69, 9.17) is 20.8 Å². The minimum Gasteiger partial charge on any atom is -0.484 e. The van der Waals surface area contributed by atoms with Gasteiger partial charge in [-0.15, -0.1) is 0 Å². The summed E-state index contributed by atoms with van der Waals surface area (Å²) in [7, 11) is 0. The second-order valence-corrected chi connectivity index (χ2v) is 8.01. The van der Waals surface area contributed by atoms with E-state index in [1.807, 2.05) is 48.5 Å². The Bertz CT molecular complexity index is 1000. The predicted molar refractivity (Wildman–Crippen MR) is 116 cm³/mol. The molecule has 1 aromatic heterocycles. The lowest BCUT2D eigenvalue weighted by atomic mass is 9.87. The van der Waals surface area contributed by atoms with Crippen molar-refractivity contribution in [1.29, 1.82) is 0 Å². The Labute approximate surface area is 175 Å². The van der Waals surface area contributed by atoms with Gasteiger partial charge in [0.2, 0.25) is 0 Å². The van der Waals surface area contributed by atoms with E-state index in [0.717, 1.165) is 5.56 Å². The van der Waals surface area contributed by atoms with Crippen LogP contribution >= 0.6 is 11.6 Å². The predicted octanol–water partition coefficient (Wildman–Crippen LogP) is 5.43. The molecule has 1 N–H and O–H groups in total. The standard InChI is InChI=1S/C23H23ClN2O3/c1-23(2,3)17-7-9-19(10-8-17)28-15-22(27)26-25-14-20-11-12-21(29-20)16-5-4-6-18(24)13-16/h4-14H,15H2,1-3H3,(H,26,27). The number of ether oxygens (including phenoxy) is 1. The van der Waals surface area contributed by atoms with E-state index in [1.165, 1.54) is 11.8 Å². The molecule has 0 aliphatic rings. The van der Waals surface area contributed by atoms with Crippen LogP contribution in [-0.2, 0) is 10.2 Å². The summed E-state index contributed by atoms with van der Waals surface area (Å²) < 4.78 is 11.2. The number of amides is 1. The van der Waals surface area contributed by atoms with Crippen molar-refractivity contribution in [1.82, 2.24) is 5.43 Å². The molecule has 0 spiro atoms. The van der Waals surface area contributed by atoms with Crippen molar-refractivity contribution < 1.29 is 13.9 Å². The van der Waals surface area contributed by atoms with Gasteiger partial charge in [0.1, 0.15) is 17.3 Å². The molecule has 2 aromatic carbocycles. The van der Waals surface area contributed by atoms with Gasteiger partial charge in [-0.05, 0) is 47.4 Å². The smallest absolute Gasteiger partial charge is 0.277 e. The molecule has 29 heavy (non-hydrogen) atoms. The van der Waals surface area contributed by atoms with Crippen molar-refractivity contribution in [2.45, 2.75) is 26.2 Å². The highest BCUT2D eigenvalue weighted by Crippen LogP contribution is 2.25. The molecule has 1 heterocycles. The Morgan fingerprint density at radius 1 is 1.14 bits per heavy atom. The van der Waals surface area contributed by atoms with E-state index < -0.39 is 0 Å². The average Bonchev–Trinajstić information content (AvgIpc) is 3.15. The van der Waals surface area contributed by atoms with Gasteiger partial charge in [-0.2, -0.15) is 5.10 Å². The highest BCUT2D eigenvalue weighted by atomic mass is 35.5. The van der Waals surface area contributed by atoms with Crippen molar-refractivity contribution in [2.75, 3.05) is 6.61 Å². The summed E-state index contributed by atoms with van der Waals surface area (Å²) >= 11 is 5.99. The number of carbonyl (C=O) groups is 1. The van der Waals surface area contributed by atoms with Crippen LogP contribution in [0.1, 0.15) is 32.1 Å². The summed E-state index contributed by atoms with van der Waals surface area (Å²) in [5, 5.41) is 4.53. The first-order valence-electron chi connectivity index (χ1n) is 9.22. The van der Waals surface area contributed by atoms with E-state index in [-0.39, 0.29) is 17.9 Å². The van der Waals surface area contributed by atoms with Gasteiger partial charge >= 0.3 is 0 Å². The highest BCUT2D eigenvalue weighted by molar-refractivity contribution is 6.30. The third-order valence-corrected chi connectivity index (χ3v) is 4.44. The Kier molecular flexibility index (Phi) is 6.39. The molecule has 0 unspecified atom stereocenters. The maximum atomic E-state index is 11.9. The fourth-order valence-corrected chi connectivity index (χ4v) is 2.81. The molecule has 0 aliphatic heterocycles. The molecule has 0 bridgehead atoms. The molecule has 0 saturated carbocycles. The summed E-state index contributed by atoms with van der Waals surface area (Å²) in [5.74, 6) is 1.46. The van der Waals surface area contributed by atoms with Crippen LogP contribution in [0.5, 0.6) is 5.75 Å².